The molecule has 1 aliphatic rings. The molecule has 0 saturated carbocycles. The topological polar surface area (TPSA) is 29.5 Å². The van der Waals surface area contributed by atoms with E-state index in [1.807, 2.05) is 13.8 Å². The Kier molecular flexibility index (Phi) is 4.18. The van der Waals surface area contributed by atoms with E-state index in [9.17, 15) is 4.79 Å². The molecular weight excluding hydrogens is 293 g/mol. The van der Waals surface area contributed by atoms with Crippen LogP contribution in [-0.4, -0.2) is 40.5 Å². The van der Waals surface area contributed by atoms with Crippen LogP contribution in [0.1, 0.15) is 26.7 Å². The number of likely N-dealkylation sites (tertiary alicyclic amines) is 1. The molecule has 3 nitrogen and oxygen atoms in total. The summed E-state index contributed by atoms with van der Waals surface area (Å²) < 4.78 is 5.46. The van der Waals surface area contributed by atoms with Gasteiger partial charge in [0.25, 0.3) is 0 Å². The summed E-state index contributed by atoms with van der Waals surface area (Å²) in [6.07, 6.45) is 1.89. The van der Waals surface area contributed by atoms with E-state index in [1.165, 1.54) is 0 Å². The highest BCUT2D eigenvalue weighted by atomic mass is 127. The first-order valence-electron chi connectivity index (χ1n) is 4.98. The summed E-state index contributed by atoms with van der Waals surface area (Å²) >= 11 is 2.09. The van der Waals surface area contributed by atoms with E-state index < -0.39 is 0 Å². The summed E-state index contributed by atoms with van der Waals surface area (Å²) in [5.74, 6) is -0.0855. The van der Waals surface area contributed by atoms with Gasteiger partial charge in [-0.3, -0.25) is 4.79 Å². The van der Waals surface area contributed by atoms with Crippen molar-refractivity contribution in [3.05, 3.63) is 0 Å². The number of carbonyl (C=O) groups is 1. The number of nitrogens with zero attached hydrogens (tertiary/aromatic N) is 1. The molecule has 1 saturated heterocycles. The van der Waals surface area contributed by atoms with Gasteiger partial charge in [-0.25, -0.2) is 0 Å². The average molecular weight is 311 g/mol. The van der Waals surface area contributed by atoms with Gasteiger partial charge in [0.1, 0.15) is 9.53 Å². The van der Waals surface area contributed by atoms with Crippen molar-refractivity contribution in [3.8, 4) is 0 Å². The Morgan fingerprint density at radius 3 is 2.43 bits per heavy atom. The first-order chi connectivity index (χ1) is 6.43. The summed E-state index contributed by atoms with van der Waals surface area (Å²) in [7, 11) is 2.10. The van der Waals surface area contributed by atoms with Crippen LogP contribution in [0.15, 0.2) is 0 Å². The fourth-order valence-electron chi connectivity index (χ4n) is 1.52. The minimum Gasteiger partial charge on any atom is -0.458 e. The van der Waals surface area contributed by atoms with Crippen LogP contribution in [-0.2, 0) is 9.53 Å². The van der Waals surface area contributed by atoms with Gasteiger partial charge >= 0.3 is 5.97 Å². The molecule has 1 heterocycles. The number of esters is 1. The van der Waals surface area contributed by atoms with Crippen molar-refractivity contribution in [2.75, 3.05) is 20.1 Å². The molecule has 0 bridgehead atoms. The maximum absolute atomic E-state index is 11.5. The molecule has 1 unspecified atom stereocenters. The van der Waals surface area contributed by atoms with Crippen LogP contribution >= 0.6 is 22.6 Å². The normalized spacial score (nSPS) is 24.3. The van der Waals surface area contributed by atoms with Crippen molar-refractivity contribution in [2.45, 2.75) is 36.2 Å². The lowest BCUT2D eigenvalue weighted by Crippen LogP contribution is -2.44. The predicted molar refractivity (Wildman–Crippen MR) is 64.7 cm³/mol. The fraction of sp³-hybridized carbons (Fsp3) is 0.900. The zero-order valence-electron chi connectivity index (χ0n) is 9.05. The summed E-state index contributed by atoms with van der Waals surface area (Å²) in [6, 6.07) is 0. The third kappa shape index (κ3) is 3.38. The van der Waals surface area contributed by atoms with Crippen molar-refractivity contribution in [3.63, 3.8) is 0 Å². The van der Waals surface area contributed by atoms with Gasteiger partial charge in [0.15, 0.2) is 0 Å². The Bertz CT molecular complexity index is 210. The third-order valence-electron chi connectivity index (χ3n) is 2.72. The van der Waals surface area contributed by atoms with Gasteiger partial charge in [0.2, 0.25) is 0 Å². The number of carbonyl (C=O) groups excluding carboxylic acids is 1. The Morgan fingerprint density at radius 2 is 2.00 bits per heavy atom. The van der Waals surface area contributed by atoms with Crippen molar-refractivity contribution in [2.24, 2.45) is 0 Å². The summed E-state index contributed by atoms with van der Waals surface area (Å²) in [4.78, 5) is 13.7. The Balaban J connectivity index is 2.46. The van der Waals surface area contributed by atoms with Crippen LogP contribution in [0.3, 0.4) is 0 Å². The number of hydrogen-bond donors (Lipinski definition) is 0. The molecule has 14 heavy (non-hydrogen) atoms. The molecule has 1 fully saturated rings. The lowest BCUT2D eigenvalue weighted by molar-refractivity contribution is -0.160. The van der Waals surface area contributed by atoms with Crippen molar-refractivity contribution in [1.82, 2.24) is 4.90 Å². The summed E-state index contributed by atoms with van der Waals surface area (Å²) in [5.41, 5.74) is -0.233. The van der Waals surface area contributed by atoms with E-state index in [0.717, 1.165) is 25.9 Å². The largest absolute Gasteiger partial charge is 0.458 e. The van der Waals surface area contributed by atoms with Crippen LogP contribution in [0.5, 0.6) is 0 Å². The molecule has 1 aliphatic heterocycles. The highest BCUT2D eigenvalue weighted by Crippen LogP contribution is 2.26. The number of piperidine rings is 1. The zero-order valence-corrected chi connectivity index (χ0v) is 11.2. The highest BCUT2D eigenvalue weighted by Gasteiger charge is 2.33. The molecule has 0 aliphatic carbocycles. The molecule has 0 aromatic rings. The fourth-order valence-corrected chi connectivity index (χ4v) is 1.64. The van der Waals surface area contributed by atoms with Crippen LogP contribution in [0.25, 0.3) is 0 Å². The van der Waals surface area contributed by atoms with E-state index in [4.69, 9.17) is 4.74 Å². The smallest absolute Gasteiger partial charge is 0.319 e. The van der Waals surface area contributed by atoms with E-state index in [-0.39, 0.29) is 15.5 Å². The van der Waals surface area contributed by atoms with Crippen molar-refractivity contribution >= 4 is 28.6 Å². The maximum atomic E-state index is 11.5. The van der Waals surface area contributed by atoms with Gasteiger partial charge < -0.3 is 9.64 Å². The monoisotopic (exact) mass is 311 g/mol. The molecular formula is C10H18INO2. The second kappa shape index (κ2) is 4.79. The summed E-state index contributed by atoms with van der Waals surface area (Å²) in [5, 5.41) is 0. The van der Waals surface area contributed by atoms with Crippen LogP contribution in [0.2, 0.25) is 0 Å². The lowest BCUT2D eigenvalue weighted by atomic mass is 9.93. The molecule has 1 rings (SSSR count). The SMILES string of the molecule is CC(I)C(=O)OC1(C)CCN(C)CC1. The van der Waals surface area contributed by atoms with Gasteiger partial charge in [-0.15, -0.1) is 0 Å². The minimum atomic E-state index is -0.233. The number of alkyl halides is 1. The highest BCUT2D eigenvalue weighted by molar-refractivity contribution is 14.1. The third-order valence-corrected chi connectivity index (χ3v) is 3.23. The summed E-state index contributed by atoms with van der Waals surface area (Å²) in [6.45, 7) is 5.93. The number of hydrogen-bond acceptors (Lipinski definition) is 3. The molecule has 1 atom stereocenters. The lowest BCUT2D eigenvalue weighted by Gasteiger charge is -2.37. The number of rotatable bonds is 2. The van der Waals surface area contributed by atoms with Crippen LogP contribution in [0, 0.1) is 0 Å². The maximum Gasteiger partial charge on any atom is 0.319 e. The average Bonchev–Trinajstić information content (AvgIpc) is 2.10. The van der Waals surface area contributed by atoms with Crippen LogP contribution in [0.4, 0.5) is 0 Å². The first kappa shape index (κ1) is 12.2. The standard InChI is InChI=1S/C10H18INO2/c1-8(11)9(13)14-10(2)4-6-12(3)7-5-10/h8H,4-7H2,1-3H3. The molecule has 0 aromatic heterocycles. The van der Waals surface area contributed by atoms with E-state index in [2.05, 4.69) is 34.5 Å². The molecule has 4 heteroatoms. The Labute approximate surface area is 99.3 Å². The molecule has 0 spiro atoms. The molecule has 0 radical (unpaired) electrons. The first-order valence-corrected chi connectivity index (χ1v) is 6.23. The van der Waals surface area contributed by atoms with Crippen molar-refractivity contribution < 1.29 is 9.53 Å². The van der Waals surface area contributed by atoms with Gasteiger partial charge in [-0.1, -0.05) is 22.6 Å². The molecule has 0 amide bonds. The van der Waals surface area contributed by atoms with Crippen molar-refractivity contribution in [1.29, 1.82) is 0 Å². The van der Waals surface area contributed by atoms with E-state index in [1.54, 1.807) is 0 Å². The van der Waals surface area contributed by atoms with Gasteiger partial charge in [0, 0.05) is 13.1 Å². The molecule has 82 valence electrons. The predicted octanol–water partition coefficient (Wildman–Crippen LogP) is 1.84. The second-order valence-corrected chi connectivity index (χ2v) is 6.16. The second-order valence-electron chi connectivity index (χ2n) is 4.29. The van der Waals surface area contributed by atoms with E-state index >= 15 is 0 Å². The Morgan fingerprint density at radius 1 is 1.50 bits per heavy atom. The Hall–Kier alpha value is 0.160. The molecule has 0 aromatic carbocycles. The minimum absolute atomic E-state index is 0.0518. The number of ether oxygens (including phenoxy) is 1. The van der Waals surface area contributed by atoms with Gasteiger partial charge in [-0.2, -0.15) is 0 Å². The van der Waals surface area contributed by atoms with Crippen LogP contribution < -0.4 is 0 Å². The van der Waals surface area contributed by atoms with Gasteiger partial charge in [-0.05, 0) is 33.7 Å². The number of halogens is 1. The zero-order chi connectivity index (χ0) is 10.8. The quantitative estimate of drug-likeness (QED) is 0.443. The molecule has 0 N–H and O–H groups in total. The van der Waals surface area contributed by atoms with E-state index in [0.29, 0.717) is 0 Å². The van der Waals surface area contributed by atoms with Gasteiger partial charge in [0.05, 0.1) is 0 Å².